The van der Waals surface area contributed by atoms with Crippen LogP contribution in [0, 0.1) is 20.8 Å². The van der Waals surface area contributed by atoms with Gasteiger partial charge in [0, 0.05) is 12.4 Å². The monoisotopic (exact) mass is 240 g/mol. The van der Waals surface area contributed by atoms with E-state index in [0.29, 0.717) is 0 Å². The van der Waals surface area contributed by atoms with E-state index >= 15 is 0 Å². The maximum atomic E-state index is 6.51. The molecule has 1 heterocycles. The average Bonchev–Trinajstić information content (AvgIpc) is 2.32. The maximum absolute atomic E-state index is 6.51. The smallest absolute Gasteiger partial charge is 0.0652 e. The number of benzene rings is 1. The van der Waals surface area contributed by atoms with Gasteiger partial charge < -0.3 is 5.73 Å². The zero-order valence-corrected chi connectivity index (χ0v) is 11.5. The third-order valence-electron chi connectivity index (χ3n) is 3.58. The van der Waals surface area contributed by atoms with Crippen molar-refractivity contribution in [3.63, 3.8) is 0 Å². The molecule has 0 spiro atoms. The third kappa shape index (κ3) is 2.29. The van der Waals surface area contributed by atoms with Gasteiger partial charge in [-0.1, -0.05) is 24.3 Å². The molecule has 18 heavy (non-hydrogen) atoms. The first-order chi connectivity index (χ1) is 8.41. The number of aryl methyl sites for hydroxylation is 3. The van der Waals surface area contributed by atoms with Crippen molar-refractivity contribution >= 4 is 0 Å². The molecule has 0 saturated heterocycles. The number of nitrogens with two attached hydrogens (primary N) is 1. The van der Waals surface area contributed by atoms with Crippen molar-refractivity contribution in [1.29, 1.82) is 0 Å². The second-order valence-electron chi connectivity index (χ2n) is 5.25. The van der Waals surface area contributed by atoms with Crippen LogP contribution in [0.4, 0.5) is 0 Å². The molecule has 0 bridgehead atoms. The van der Waals surface area contributed by atoms with Crippen LogP contribution in [0.3, 0.4) is 0 Å². The van der Waals surface area contributed by atoms with Gasteiger partial charge in [-0.15, -0.1) is 0 Å². The predicted octanol–water partition coefficient (Wildman–Crippen LogP) is 3.23. The quantitative estimate of drug-likeness (QED) is 0.875. The van der Waals surface area contributed by atoms with E-state index in [4.69, 9.17) is 5.73 Å². The lowest BCUT2D eigenvalue weighted by atomic mass is 9.85. The van der Waals surface area contributed by atoms with Crippen molar-refractivity contribution in [3.05, 3.63) is 64.5 Å². The Bertz CT molecular complexity index is 571. The van der Waals surface area contributed by atoms with Gasteiger partial charge in [-0.3, -0.25) is 4.98 Å². The molecule has 0 aliphatic carbocycles. The Hall–Kier alpha value is -1.67. The molecule has 2 nitrogen and oxygen atoms in total. The zero-order valence-electron chi connectivity index (χ0n) is 11.5. The number of nitrogens with zero attached hydrogens (tertiary/aromatic N) is 1. The Labute approximate surface area is 109 Å². The highest BCUT2D eigenvalue weighted by molar-refractivity contribution is 5.40. The molecule has 2 N–H and O–H groups in total. The molecule has 2 aromatic rings. The molecular weight excluding hydrogens is 220 g/mol. The summed E-state index contributed by atoms with van der Waals surface area (Å²) in [6, 6.07) is 8.49. The van der Waals surface area contributed by atoms with Crippen molar-refractivity contribution in [2.75, 3.05) is 0 Å². The van der Waals surface area contributed by atoms with Gasteiger partial charge in [-0.2, -0.15) is 0 Å². The summed E-state index contributed by atoms with van der Waals surface area (Å²) in [7, 11) is 0. The minimum Gasteiger partial charge on any atom is -0.318 e. The molecule has 1 unspecified atom stereocenters. The van der Waals surface area contributed by atoms with E-state index in [2.05, 4.69) is 43.1 Å². The van der Waals surface area contributed by atoms with Crippen LogP contribution in [-0.4, -0.2) is 4.98 Å². The number of aromatic nitrogens is 1. The van der Waals surface area contributed by atoms with E-state index in [1.165, 1.54) is 11.1 Å². The van der Waals surface area contributed by atoms with Crippen LogP contribution in [0.25, 0.3) is 0 Å². The van der Waals surface area contributed by atoms with Crippen molar-refractivity contribution in [2.45, 2.75) is 33.2 Å². The molecule has 2 rings (SSSR count). The van der Waals surface area contributed by atoms with Gasteiger partial charge >= 0.3 is 0 Å². The van der Waals surface area contributed by atoms with E-state index in [-0.39, 0.29) is 0 Å². The highest BCUT2D eigenvalue weighted by Gasteiger charge is 2.24. The fraction of sp³-hybridized carbons (Fsp3) is 0.312. The fourth-order valence-corrected chi connectivity index (χ4v) is 2.07. The molecule has 2 heteroatoms. The van der Waals surface area contributed by atoms with Gasteiger partial charge in [0.2, 0.25) is 0 Å². The zero-order chi connectivity index (χ0) is 13.3. The highest BCUT2D eigenvalue weighted by Crippen LogP contribution is 2.27. The molecule has 1 atom stereocenters. The molecule has 0 aliphatic heterocycles. The maximum Gasteiger partial charge on any atom is 0.0652 e. The van der Waals surface area contributed by atoms with Crippen LogP contribution in [-0.2, 0) is 5.54 Å². The van der Waals surface area contributed by atoms with E-state index in [0.717, 1.165) is 16.7 Å². The molecule has 94 valence electrons. The minimum absolute atomic E-state index is 0.502. The topological polar surface area (TPSA) is 38.9 Å². The Morgan fingerprint density at radius 1 is 0.944 bits per heavy atom. The van der Waals surface area contributed by atoms with Gasteiger partial charge in [0.1, 0.15) is 0 Å². The SMILES string of the molecule is Cc1cncc(C(C)(N)c2ccc(C)c(C)c2)c1. The number of hydrogen-bond acceptors (Lipinski definition) is 2. The van der Waals surface area contributed by atoms with Gasteiger partial charge in [0.25, 0.3) is 0 Å². The summed E-state index contributed by atoms with van der Waals surface area (Å²) in [4.78, 5) is 4.24. The normalized spacial score (nSPS) is 14.3. The molecule has 1 aromatic carbocycles. The van der Waals surface area contributed by atoms with E-state index in [1.54, 1.807) is 0 Å². The van der Waals surface area contributed by atoms with E-state index in [1.807, 2.05) is 26.2 Å². The van der Waals surface area contributed by atoms with Crippen LogP contribution < -0.4 is 5.73 Å². The third-order valence-corrected chi connectivity index (χ3v) is 3.58. The summed E-state index contributed by atoms with van der Waals surface area (Å²) in [5.74, 6) is 0. The summed E-state index contributed by atoms with van der Waals surface area (Å²) < 4.78 is 0. The largest absolute Gasteiger partial charge is 0.318 e. The van der Waals surface area contributed by atoms with Crippen molar-refractivity contribution in [2.24, 2.45) is 5.73 Å². The summed E-state index contributed by atoms with van der Waals surface area (Å²) in [5.41, 5.74) is 11.9. The first-order valence-corrected chi connectivity index (χ1v) is 6.20. The Balaban J connectivity index is 2.50. The summed E-state index contributed by atoms with van der Waals surface area (Å²) in [6.07, 6.45) is 3.70. The molecular formula is C16H20N2. The summed E-state index contributed by atoms with van der Waals surface area (Å²) >= 11 is 0. The van der Waals surface area contributed by atoms with E-state index in [9.17, 15) is 0 Å². The van der Waals surface area contributed by atoms with Gasteiger partial charge in [-0.25, -0.2) is 0 Å². The lowest BCUT2D eigenvalue weighted by molar-refractivity contribution is 0.599. The second kappa shape index (κ2) is 4.54. The van der Waals surface area contributed by atoms with Crippen LogP contribution in [0.2, 0.25) is 0 Å². The molecule has 0 amide bonds. The lowest BCUT2D eigenvalue weighted by Crippen LogP contribution is -2.34. The lowest BCUT2D eigenvalue weighted by Gasteiger charge is -2.26. The highest BCUT2D eigenvalue weighted by atomic mass is 14.7. The molecule has 0 saturated carbocycles. The standard InChI is InChI=1S/C16H20N2/c1-11-7-15(10-18-9-11)16(4,17)14-6-5-12(2)13(3)8-14/h5-10H,17H2,1-4H3. The average molecular weight is 240 g/mol. The number of rotatable bonds is 2. The Morgan fingerprint density at radius 3 is 2.28 bits per heavy atom. The van der Waals surface area contributed by atoms with Crippen molar-refractivity contribution in [1.82, 2.24) is 4.98 Å². The van der Waals surface area contributed by atoms with Gasteiger partial charge in [0.15, 0.2) is 0 Å². The minimum atomic E-state index is -0.502. The number of pyridine rings is 1. The van der Waals surface area contributed by atoms with Gasteiger partial charge in [0.05, 0.1) is 5.54 Å². The first kappa shape index (κ1) is 12.8. The molecule has 0 radical (unpaired) electrons. The van der Waals surface area contributed by atoms with Crippen molar-refractivity contribution in [3.8, 4) is 0 Å². The van der Waals surface area contributed by atoms with Crippen molar-refractivity contribution < 1.29 is 0 Å². The predicted molar refractivity (Wildman–Crippen MR) is 75.5 cm³/mol. The van der Waals surface area contributed by atoms with Crippen LogP contribution in [0.1, 0.15) is 34.7 Å². The van der Waals surface area contributed by atoms with Crippen LogP contribution in [0.5, 0.6) is 0 Å². The molecule has 1 aromatic heterocycles. The molecule has 0 fully saturated rings. The van der Waals surface area contributed by atoms with Gasteiger partial charge in [-0.05, 0) is 55.5 Å². The Morgan fingerprint density at radius 2 is 1.67 bits per heavy atom. The van der Waals surface area contributed by atoms with Crippen LogP contribution in [0.15, 0.2) is 36.7 Å². The second-order valence-corrected chi connectivity index (χ2v) is 5.25. The summed E-state index contributed by atoms with van der Waals surface area (Å²) in [5, 5.41) is 0. The summed E-state index contributed by atoms with van der Waals surface area (Å²) in [6.45, 7) is 8.30. The number of hydrogen-bond donors (Lipinski definition) is 1. The molecule has 0 aliphatic rings. The van der Waals surface area contributed by atoms with E-state index < -0.39 is 5.54 Å². The Kier molecular flexibility index (Phi) is 3.22. The fourth-order valence-electron chi connectivity index (χ4n) is 2.07. The van der Waals surface area contributed by atoms with Crippen LogP contribution >= 0.6 is 0 Å². The first-order valence-electron chi connectivity index (χ1n) is 6.20.